The molecule has 4 unspecified atom stereocenters. The van der Waals surface area contributed by atoms with Gasteiger partial charge in [0.1, 0.15) is 0 Å². The highest BCUT2D eigenvalue weighted by molar-refractivity contribution is 4.94. The summed E-state index contributed by atoms with van der Waals surface area (Å²) in [5.41, 5.74) is 0. The van der Waals surface area contributed by atoms with E-state index in [2.05, 4.69) is 42.4 Å². The van der Waals surface area contributed by atoms with Crippen molar-refractivity contribution < 1.29 is 4.74 Å². The maximum Gasteiger partial charge on any atom is 0.0594 e. The Morgan fingerprint density at radius 2 is 1.63 bits per heavy atom. The summed E-state index contributed by atoms with van der Waals surface area (Å²) < 4.78 is 5.51. The fourth-order valence-electron chi connectivity index (χ4n) is 6.05. The summed E-state index contributed by atoms with van der Waals surface area (Å²) in [5, 5.41) is 0. The molecule has 3 fully saturated rings. The molecule has 3 rings (SSSR count). The van der Waals surface area contributed by atoms with Gasteiger partial charge in [-0.3, -0.25) is 14.7 Å². The summed E-state index contributed by atoms with van der Waals surface area (Å²) >= 11 is 0. The molecular formula is C23H45N3O. The molecule has 4 nitrogen and oxygen atoms in total. The first-order valence-electron chi connectivity index (χ1n) is 11.9. The van der Waals surface area contributed by atoms with Crippen molar-refractivity contribution in [1.29, 1.82) is 0 Å². The number of hydrogen-bond donors (Lipinski definition) is 0. The molecule has 0 amide bonds. The molecule has 3 aliphatic heterocycles. The maximum absolute atomic E-state index is 5.51. The summed E-state index contributed by atoms with van der Waals surface area (Å²) in [6, 6.07) is 3.72. The molecule has 0 aromatic rings. The normalized spacial score (nSPS) is 33.4. The minimum Gasteiger partial charge on any atom is -0.379 e. The van der Waals surface area contributed by atoms with Crippen LogP contribution < -0.4 is 0 Å². The van der Waals surface area contributed by atoms with Crippen LogP contribution in [0.1, 0.15) is 79.1 Å². The second-order valence-electron chi connectivity index (χ2n) is 9.63. The average Bonchev–Trinajstić information content (AvgIpc) is 2.68. The Morgan fingerprint density at radius 3 is 2.37 bits per heavy atom. The fourth-order valence-corrected chi connectivity index (χ4v) is 6.05. The predicted octanol–water partition coefficient (Wildman–Crippen LogP) is 3.99. The molecule has 158 valence electrons. The minimum absolute atomic E-state index is 0.676. The molecule has 0 radical (unpaired) electrons. The Balaban J connectivity index is 1.53. The quantitative estimate of drug-likeness (QED) is 0.665. The number of morpholine rings is 1. The molecule has 0 saturated carbocycles. The molecule has 0 bridgehead atoms. The lowest BCUT2D eigenvalue weighted by molar-refractivity contribution is -0.0137. The van der Waals surface area contributed by atoms with E-state index in [0.29, 0.717) is 12.1 Å². The SMILES string of the molecule is CC(CCCN1CCCCC1C1CCCC(C)N1C(C)C)N1CCOCC1. The fraction of sp³-hybridized carbons (Fsp3) is 1.00. The third kappa shape index (κ3) is 5.68. The van der Waals surface area contributed by atoms with Gasteiger partial charge in [-0.05, 0) is 79.3 Å². The van der Waals surface area contributed by atoms with Gasteiger partial charge in [0, 0.05) is 43.3 Å². The highest BCUT2D eigenvalue weighted by Crippen LogP contribution is 2.33. The van der Waals surface area contributed by atoms with Gasteiger partial charge in [-0.25, -0.2) is 0 Å². The molecule has 0 N–H and O–H groups in total. The van der Waals surface area contributed by atoms with Crippen LogP contribution in [0.5, 0.6) is 0 Å². The third-order valence-electron chi connectivity index (χ3n) is 7.45. The number of nitrogens with zero attached hydrogens (tertiary/aromatic N) is 3. The van der Waals surface area contributed by atoms with Gasteiger partial charge < -0.3 is 4.74 Å². The average molecular weight is 380 g/mol. The van der Waals surface area contributed by atoms with Crippen molar-refractivity contribution in [3.63, 3.8) is 0 Å². The van der Waals surface area contributed by atoms with Gasteiger partial charge in [0.05, 0.1) is 13.2 Å². The Labute approximate surface area is 168 Å². The van der Waals surface area contributed by atoms with E-state index in [0.717, 1.165) is 44.4 Å². The van der Waals surface area contributed by atoms with Crippen molar-refractivity contribution in [1.82, 2.24) is 14.7 Å². The standard InChI is InChI=1S/C23H45N3O/c1-19(2)26-21(4)9-7-12-23(26)22-11-5-6-13-25(22)14-8-10-20(3)24-15-17-27-18-16-24/h19-23H,5-18H2,1-4H3. The lowest BCUT2D eigenvalue weighted by Gasteiger charge is -2.51. The smallest absolute Gasteiger partial charge is 0.0594 e. The number of hydrogen-bond acceptors (Lipinski definition) is 4. The Bertz CT molecular complexity index is 424. The molecule has 0 aromatic heterocycles. The molecule has 0 spiro atoms. The Kier molecular flexibility index (Phi) is 8.43. The van der Waals surface area contributed by atoms with Crippen LogP contribution in [0.15, 0.2) is 0 Å². The van der Waals surface area contributed by atoms with E-state index < -0.39 is 0 Å². The van der Waals surface area contributed by atoms with E-state index in [-0.39, 0.29) is 0 Å². The zero-order valence-corrected chi connectivity index (χ0v) is 18.5. The number of likely N-dealkylation sites (tertiary alicyclic amines) is 2. The molecular weight excluding hydrogens is 334 g/mol. The molecule has 0 aliphatic carbocycles. The number of piperidine rings is 2. The van der Waals surface area contributed by atoms with Gasteiger partial charge in [0.15, 0.2) is 0 Å². The number of rotatable bonds is 7. The highest BCUT2D eigenvalue weighted by Gasteiger charge is 2.38. The van der Waals surface area contributed by atoms with Crippen LogP contribution in [0.3, 0.4) is 0 Å². The largest absolute Gasteiger partial charge is 0.379 e. The van der Waals surface area contributed by atoms with Crippen LogP contribution in [0, 0.1) is 0 Å². The Morgan fingerprint density at radius 1 is 0.889 bits per heavy atom. The third-order valence-corrected chi connectivity index (χ3v) is 7.45. The first-order valence-corrected chi connectivity index (χ1v) is 11.9. The zero-order valence-electron chi connectivity index (χ0n) is 18.5. The van der Waals surface area contributed by atoms with Crippen molar-refractivity contribution in [3.8, 4) is 0 Å². The molecule has 3 saturated heterocycles. The monoisotopic (exact) mass is 379 g/mol. The first-order chi connectivity index (χ1) is 13.1. The van der Waals surface area contributed by atoms with Crippen LogP contribution >= 0.6 is 0 Å². The van der Waals surface area contributed by atoms with Crippen molar-refractivity contribution in [2.45, 2.75) is 109 Å². The van der Waals surface area contributed by atoms with E-state index >= 15 is 0 Å². The minimum atomic E-state index is 0.676. The van der Waals surface area contributed by atoms with Crippen molar-refractivity contribution in [2.24, 2.45) is 0 Å². The van der Waals surface area contributed by atoms with Crippen molar-refractivity contribution in [3.05, 3.63) is 0 Å². The van der Waals surface area contributed by atoms with E-state index in [1.54, 1.807) is 0 Å². The summed E-state index contributed by atoms with van der Waals surface area (Å²) in [4.78, 5) is 8.37. The van der Waals surface area contributed by atoms with Gasteiger partial charge in [-0.15, -0.1) is 0 Å². The van der Waals surface area contributed by atoms with Gasteiger partial charge in [-0.2, -0.15) is 0 Å². The molecule has 3 aliphatic rings. The van der Waals surface area contributed by atoms with Gasteiger partial charge in [-0.1, -0.05) is 12.8 Å². The van der Waals surface area contributed by atoms with Crippen molar-refractivity contribution in [2.75, 3.05) is 39.4 Å². The summed E-state index contributed by atoms with van der Waals surface area (Å²) in [7, 11) is 0. The molecule has 0 aromatic carbocycles. The summed E-state index contributed by atoms with van der Waals surface area (Å²) in [6.07, 6.45) is 11.2. The van der Waals surface area contributed by atoms with E-state index in [1.165, 1.54) is 64.5 Å². The summed E-state index contributed by atoms with van der Waals surface area (Å²) in [5.74, 6) is 0. The molecule has 3 heterocycles. The predicted molar refractivity (Wildman–Crippen MR) is 114 cm³/mol. The second kappa shape index (κ2) is 10.6. The summed E-state index contributed by atoms with van der Waals surface area (Å²) in [6.45, 7) is 16.4. The van der Waals surface area contributed by atoms with E-state index in [4.69, 9.17) is 4.74 Å². The van der Waals surface area contributed by atoms with Gasteiger partial charge in [0.2, 0.25) is 0 Å². The van der Waals surface area contributed by atoms with Crippen LogP contribution in [0.2, 0.25) is 0 Å². The van der Waals surface area contributed by atoms with Gasteiger partial charge in [0.25, 0.3) is 0 Å². The lowest BCUT2D eigenvalue weighted by atomic mass is 9.85. The molecule has 4 atom stereocenters. The van der Waals surface area contributed by atoms with E-state index in [9.17, 15) is 0 Å². The second-order valence-corrected chi connectivity index (χ2v) is 9.63. The van der Waals surface area contributed by atoms with Crippen molar-refractivity contribution >= 4 is 0 Å². The lowest BCUT2D eigenvalue weighted by Crippen LogP contribution is -2.59. The van der Waals surface area contributed by atoms with Crippen LogP contribution in [0.25, 0.3) is 0 Å². The first kappa shape index (κ1) is 21.5. The van der Waals surface area contributed by atoms with E-state index in [1.807, 2.05) is 0 Å². The van der Waals surface area contributed by atoms with Crippen LogP contribution in [-0.2, 0) is 4.74 Å². The molecule has 4 heteroatoms. The maximum atomic E-state index is 5.51. The van der Waals surface area contributed by atoms with Crippen LogP contribution in [-0.4, -0.2) is 84.3 Å². The van der Waals surface area contributed by atoms with Gasteiger partial charge >= 0.3 is 0 Å². The zero-order chi connectivity index (χ0) is 19.2. The topological polar surface area (TPSA) is 19.0 Å². The van der Waals surface area contributed by atoms with Crippen LogP contribution in [0.4, 0.5) is 0 Å². The Hall–Kier alpha value is -0.160. The number of ether oxygens (including phenoxy) is 1. The molecule has 27 heavy (non-hydrogen) atoms. The highest BCUT2D eigenvalue weighted by atomic mass is 16.5.